The van der Waals surface area contributed by atoms with Crippen molar-refractivity contribution in [1.29, 1.82) is 0 Å². The van der Waals surface area contributed by atoms with Gasteiger partial charge in [0.2, 0.25) is 10.9 Å². The normalized spacial score (nSPS) is 11.0. The van der Waals surface area contributed by atoms with Gasteiger partial charge < -0.3 is 13.6 Å². The van der Waals surface area contributed by atoms with E-state index in [9.17, 15) is 9.59 Å². The summed E-state index contributed by atoms with van der Waals surface area (Å²) in [4.78, 5) is 24.4. The number of para-hydroxylation sites is 2. The summed E-state index contributed by atoms with van der Waals surface area (Å²) in [5.41, 5.74) is 3.55. The van der Waals surface area contributed by atoms with Crippen LogP contribution in [0.1, 0.15) is 5.56 Å². The molecule has 0 saturated carbocycles. The number of ether oxygens (including phenoxy) is 1. The molecule has 0 aliphatic rings. The lowest BCUT2D eigenvalue weighted by Gasteiger charge is -2.03. The first-order valence-electron chi connectivity index (χ1n) is 10.5. The van der Waals surface area contributed by atoms with Crippen molar-refractivity contribution >= 4 is 43.9 Å². The van der Waals surface area contributed by atoms with E-state index >= 15 is 0 Å². The maximum Gasteiger partial charge on any atom is 0.200 e. The molecule has 4 aromatic carbocycles. The Kier molecular flexibility index (Phi) is 5.15. The van der Waals surface area contributed by atoms with Crippen LogP contribution in [-0.2, 0) is 0 Å². The summed E-state index contributed by atoms with van der Waals surface area (Å²) >= 11 is 0. The van der Waals surface area contributed by atoms with Crippen molar-refractivity contribution in [2.75, 3.05) is 7.11 Å². The molecule has 33 heavy (non-hydrogen) atoms. The van der Waals surface area contributed by atoms with Crippen LogP contribution in [0.5, 0.6) is 5.75 Å². The van der Waals surface area contributed by atoms with E-state index in [1.165, 1.54) is 0 Å². The Hall–Kier alpha value is -4.38. The van der Waals surface area contributed by atoms with Gasteiger partial charge in [-0.25, -0.2) is 0 Å². The predicted molar refractivity (Wildman–Crippen MR) is 131 cm³/mol. The third kappa shape index (κ3) is 3.74. The van der Waals surface area contributed by atoms with E-state index < -0.39 is 0 Å². The van der Waals surface area contributed by atoms with E-state index in [2.05, 4.69) is 0 Å². The SMILES string of the molecule is COc1ccc2oc3ccccc3c(=O)c2c1.Cc1ccc2oc3ccccc3c(=O)c2c1. The molecular formula is C28H20O5. The molecule has 0 radical (unpaired) electrons. The zero-order chi connectivity index (χ0) is 22.9. The predicted octanol–water partition coefficient (Wildman–Crippen LogP) is 6.21. The van der Waals surface area contributed by atoms with E-state index in [1.807, 2.05) is 55.5 Å². The number of aryl methyl sites for hydroxylation is 1. The first kappa shape index (κ1) is 20.5. The molecule has 0 fully saturated rings. The van der Waals surface area contributed by atoms with E-state index in [4.69, 9.17) is 13.6 Å². The largest absolute Gasteiger partial charge is 0.497 e. The molecule has 0 amide bonds. The number of rotatable bonds is 1. The van der Waals surface area contributed by atoms with Crippen LogP contribution in [0.25, 0.3) is 43.9 Å². The van der Waals surface area contributed by atoms with Crippen LogP contribution in [0.4, 0.5) is 0 Å². The van der Waals surface area contributed by atoms with Crippen molar-refractivity contribution in [1.82, 2.24) is 0 Å². The first-order valence-corrected chi connectivity index (χ1v) is 10.5. The summed E-state index contributed by atoms with van der Waals surface area (Å²) in [7, 11) is 1.57. The number of methoxy groups -OCH3 is 1. The summed E-state index contributed by atoms with van der Waals surface area (Å²) in [6.07, 6.45) is 0. The van der Waals surface area contributed by atoms with Crippen molar-refractivity contribution in [3.8, 4) is 5.75 Å². The standard InChI is InChI=1S/C14H10O3.C14H10O2/c1-16-9-6-7-13-11(8-9)14(15)10-4-2-3-5-12(10)17-13;1-9-6-7-13-11(8-9)14(15)10-4-2-3-5-12(10)16-13/h2-8H,1H3;2-8H,1H3. The van der Waals surface area contributed by atoms with Gasteiger partial charge in [0.25, 0.3) is 0 Å². The summed E-state index contributed by atoms with van der Waals surface area (Å²) in [6, 6.07) is 25.4. The maximum atomic E-state index is 12.2. The molecule has 0 atom stereocenters. The molecule has 6 rings (SSSR count). The van der Waals surface area contributed by atoms with Crippen LogP contribution >= 0.6 is 0 Å². The molecule has 2 heterocycles. The highest BCUT2D eigenvalue weighted by molar-refractivity contribution is 5.91. The molecule has 5 nitrogen and oxygen atoms in total. The fraction of sp³-hybridized carbons (Fsp3) is 0.0714. The van der Waals surface area contributed by atoms with Gasteiger partial charge in [0.15, 0.2) is 0 Å². The molecule has 0 aliphatic carbocycles. The van der Waals surface area contributed by atoms with Crippen molar-refractivity contribution in [2.24, 2.45) is 0 Å². The molecule has 0 saturated heterocycles. The number of hydrogen-bond acceptors (Lipinski definition) is 5. The van der Waals surface area contributed by atoms with Crippen molar-refractivity contribution in [3.63, 3.8) is 0 Å². The third-order valence-electron chi connectivity index (χ3n) is 5.51. The zero-order valence-corrected chi connectivity index (χ0v) is 18.1. The van der Waals surface area contributed by atoms with E-state index in [0.29, 0.717) is 49.6 Å². The van der Waals surface area contributed by atoms with Crippen molar-refractivity contribution in [2.45, 2.75) is 6.92 Å². The highest BCUT2D eigenvalue weighted by atomic mass is 16.5. The summed E-state index contributed by atoms with van der Waals surface area (Å²) in [5, 5.41) is 2.43. The molecule has 6 aromatic rings. The van der Waals surface area contributed by atoms with Crippen LogP contribution in [0.15, 0.2) is 103 Å². The highest BCUT2D eigenvalue weighted by Crippen LogP contribution is 2.22. The maximum absolute atomic E-state index is 12.2. The molecule has 0 spiro atoms. The Bertz CT molecular complexity index is 1760. The minimum absolute atomic E-state index is 0.0271. The Morgan fingerprint density at radius 2 is 1.06 bits per heavy atom. The molecule has 0 aliphatic heterocycles. The van der Waals surface area contributed by atoms with E-state index in [1.54, 1.807) is 43.5 Å². The first-order chi connectivity index (χ1) is 16.0. The zero-order valence-electron chi connectivity index (χ0n) is 18.1. The second kappa shape index (κ2) is 8.28. The average molecular weight is 436 g/mol. The second-order valence-corrected chi connectivity index (χ2v) is 7.72. The van der Waals surface area contributed by atoms with Crippen LogP contribution in [0, 0.1) is 6.92 Å². The molecule has 0 bridgehead atoms. The van der Waals surface area contributed by atoms with Crippen LogP contribution in [0.3, 0.4) is 0 Å². The minimum Gasteiger partial charge on any atom is -0.497 e. The van der Waals surface area contributed by atoms with Gasteiger partial charge in [-0.15, -0.1) is 0 Å². The molecular weight excluding hydrogens is 416 g/mol. The van der Waals surface area contributed by atoms with Gasteiger partial charge in [-0.05, 0) is 61.5 Å². The monoisotopic (exact) mass is 436 g/mol. The van der Waals surface area contributed by atoms with Gasteiger partial charge in [-0.2, -0.15) is 0 Å². The number of fused-ring (bicyclic) bond motifs is 4. The van der Waals surface area contributed by atoms with Crippen molar-refractivity contribution in [3.05, 3.63) is 111 Å². The summed E-state index contributed by atoms with van der Waals surface area (Å²) < 4.78 is 16.5. The van der Waals surface area contributed by atoms with Gasteiger partial charge in [0.1, 0.15) is 28.1 Å². The number of hydrogen-bond donors (Lipinski definition) is 0. The van der Waals surface area contributed by atoms with E-state index in [-0.39, 0.29) is 10.9 Å². The van der Waals surface area contributed by atoms with Gasteiger partial charge in [0.05, 0.1) is 28.7 Å². The third-order valence-corrected chi connectivity index (χ3v) is 5.51. The summed E-state index contributed by atoms with van der Waals surface area (Å²) in [5.74, 6) is 0.653. The van der Waals surface area contributed by atoms with Crippen LogP contribution in [0.2, 0.25) is 0 Å². The lowest BCUT2D eigenvalue weighted by molar-refractivity contribution is 0.415. The molecule has 0 unspecified atom stereocenters. The fourth-order valence-electron chi connectivity index (χ4n) is 3.83. The second-order valence-electron chi connectivity index (χ2n) is 7.72. The Morgan fingerprint density at radius 3 is 1.64 bits per heavy atom. The molecule has 162 valence electrons. The fourth-order valence-corrected chi connectivity index (χ4v) is 3.83. The van der Waals surface area contributed by atoms with Gasteiger partial charge in [-0.1, -0.05) is 35.9 Å². The quantitative estimate of drug-likeness (QED) is 0.287. The Labute approximate surface area is 188 Å². The molecule has 0 N–H and O–H groups in total. The topological polar surface area (TPSA) is 69.7 Å². The minimum atomic E-state index is -0.0271. The Morgan fingerprint density at radius 1 is 0.576 bits per heavy atom. The van der Waals surface area contributed by atoms with Crippen LogP contribution in [-0.4, -0.2) is 7.11 Å². The smallest absolute Gasteiger partial charge is 0.200 e. The van der Waals surface area contributed by atoms with Crippen LogP contribution < -0.4 is 15.6 Å². The van der Waals surface area contributed by atoms with Gasteiger partial charge in [0, 0.05) is 0 Å². The summed E-state index contributed by atoms with van der Waals surface area (Å²) in [6.45, 7) is 1.97. The molecule has 5 heteroatoms. The highest BCUT2D eigenvalue weighted by Gasteiger charge is 2.08. The average Bonchev–Trinajstić information content (AvgIpc) is 2.85. The lowest BCUT2D eigenvalue weighted by atomic mass is 10.1. The Balaban J connectivity index is 0.000000139. The van der Waals surface area contributed by atoms with E-state index in [0.717, 1.165) is 5.56 Å². The van der Waals surface area contributed by atoms with Gasteiger partial charge in [-0.3, -0.25) is 9.59 Å². The number of benzene rings is 4. The van der Waals surface area contributed by atoms with Crippen molar-refractivity contribution < 1.29 is 13.6 Å². The van der Waals surface area contributed by atoms with Gasteiger partial charge >= 0.3 is 0 Å². The molecule has 2 aromatic heterocycles. The lowest BCUT2D eigenvalue weighted by Crippen LogP contribution is -2.01.